The molecule has 0 saturated carbocycles. The molecule has 152 valence electrons. The fraction of sp³-hybridized carbons (Fsp3) is 0.211. The van der Waals surface area contributed by atoms with E-state index < -0.39 is 12.5 Å². The van der Waals surface area contributed by atoms with Gasteiger partial charge in [0.15, 0.2) is 5.13 Å². The van der Waals surface area contributed by atoms with Gasteiger partial charge >= 0.3 is 6.61 Å². The first-order chi connectivity index (χ1) is 13.8. The third-order valence-electron chi connectivity index (χ3n) is 3.52. The van der Waals surface area contributed by atoms with Crippen molar-refractivity contribution >= 4 is 34.0 Å². The summed E-state index contributed by atoms with van der Waals surface area (Å²) in [5.41, 5.74) is 1.02. The number of hydrogen-bond acceptors (Lipinski definition) is 6. The molecule has 0 atom stereocenters. The Hall–Kier alpha value is -2.78. The molecule has 3 rings (SSSR count). The van der Waals surface area contributed by atoms with E-state index >= 15 is 0 Å². The fourth-order valence-electron chi connectivity index (χ4n) is 2.36. The molecule has 1 amide bonds. The zero-order valence-corrected chi connectivity index (χ0v) is 16.9. The molecule has 3 aromatic rings. The number of hydrogen-bond donors (Lipinski definition) is 1. The molecule has 29 heavy (non-hydrogen) atoms. The number of benzene rings is 1. The van der Waals surface area contributed by atoms with E-state index in [4.69, 9.17) is 16.3 Å². The zero-order valence-electron chi connectivity index (χ0n) is 15.4. The molecular weight excluding hydrogens is 424 g/mol. The number of carbonyl (C=O) groups excluding carboxylic acids is 1. The van der Waals surface area contributed by atoms with Crippen LogP contribution in [0.1, 0.15) is 24.2 Å². The van der Waals surface area contributed by atoms with Crippen molar-refractivity contribution in [1.29, 1.82) is 0 Å². The summed E-state index contributed by atoms with van der Waals surface area (Å²) < 4.78 is 35.1. The normalized spacial score (nSPS) is 11.0. The molecule has 0 bridgehead atoms. The molecule has 0 aliphatic carbocycles. The Labute approximate surface area is 174 Å². The zero-order chi connectivity index (χ0) is 21.0. The summed E-state index contributed by atoms with van der Waals surface area (Å²) in [5.74, 6) is -0.221. The number of carbonyl (C=O) groups is 1. The van der Waals surface area contributed by atoms with Gasteiger partial charge in [-0.25, -0.2) is 9.97 Å². The Morgan fingerprint density at radius 1 is 1.24 bits per heavy atom. The van der Waals surface area contributed by atoms with Crippen molar-refractivity contribution in [3.8, 4) is 22.9 Å². The van der Waals surface area contributed by atoms with Crippen LogP contribution in [0.3, 0.4) is 0 Å². The summed E-state index contributed by atoms with van der Waals surface area (Å²) in [6.45, 7) is 0.723. The number of rotatable bonds is 7. The molecule has 6 nitrogen and oxygen atoms in total. The Morgan fingerprint density at radius 2 is 2.00 bits per heavy atom. The lowest BCUT2D eigenvalue weighted by atomic mass is 10.1. The lowest BCUT2D eigenvalue weighted by molar-refractivity contribution is -0.0494. The molecule has 2 aromatic heterocycles. The molecule has 0 spiro atoms. The molecule has 0 unspecified atom stereocenters. The molecule has 2 heterocycles. The Balaban J connectivity index is 1.75. The van der Waals surface area contributed by atoms with Crippen LogP contribution in [0.15, 0.2) is 41.9 Å². The smallest absolute Gasteiger partial charge is 0.387 e. The van der Waals surface area contributed by atoms with E-state index in [0.717, 1.165) is 11.3 Å². The number of nitrogens with zero attached hydrogens (tertiary/aromatic N) is 2. The predicted octanol–water partition coefficient (Wildman–Crippen LogP) is 5.50. The van der Waals surface area contributed by atoms with Crippen LogP contribution in [0, 0.1) is 0 Å². The molecule has 1 aromatic carbocycles. The maximum atomic E-state index is 12.6. The van der Waals surface area contributed by atoms with Crippen LogP contribution >= 0.6 is 22.9 Å². The Kier molecular flexibility index (Phi) is 6.60. The molecule has 0 aliphatic rings. The summed E-state index contributed by atoms with van der Waals surface area (Å²) in [7, 11) is 0. The van der Waals surface area contributed by atoms with Crippen molar-refractivity contribution in [3.63, 3.8) is 0 Å². The van der Waals surface area contributed by atoms with Crippen molar-refractivity contribution in [2.75, 3.05) is 5.32 Å². The van der Waals surface area contributed by atoms with Crippen LogP contribution in [0.4, 0.5) is 13.9 Å². The van der Waals surface area contributed by atoms with Crippen LogP contribution in [-0.4, -0.2) is 28.6 Å². The van der Waals surface area contributed by atoms with E-state index in [0.29, 0.717) is 11.3 Å². The topological polar surface area (TPSA) is 73.3 Å². The minimum atomic E-state index is -2.95. The minimum absolute atomic E-state index is 0.00222. The monoisotopic (exact) mass is 439 g/mol. The standard InChI is InChI=1S/C19H16ClF2N3O3S/c1-10(2)27-17-13(20)7-11(8-23-17)16(26)25-19-24-14(9-29-19)12-5-3-4-6-15(12)28-18(21)22/h3-10,18H,1-2H3,(H,24,25,26). The maximum absolute atomic E-state index is 12.6. The number of alkyl halides is 2. The molecule has 0 fully saturated rings. The van der Waals surface area contributed by atoms with Crippen LogP contribution < -0.4 is 14.8 Å². The van der Waals surface area contributed by atoms with Gasteiger partial charge in [0.2, 0.25) is 5.88 Å². The molecule has 0 radical (unpaired) electrons. The van der Waals surface area contributed by atoms with E-state index in [1.165, 1.54) is 18.3 Å². The van der Waals surface area contributed by atoms with Gasteiger partial charge in [0.25, 0.3) is 5.91 Å². The van der Waals surface area contributed by atoms with Gasteiger partial charge in [0.05, 0.1) is 17.4 Å². The molecule has 10 heteroatoms. The van der Waals surface area contributed by atoms with E-state index in [9.17, 15) is 13.6 Å². The number of halogens is 3. The molecular formula is C19H16ClF2N3O3S. The highest BCUT2D eigenvalue weighted by atomic mass is 35.5. The van der Waals surface area contributed by atoms with Gasteiger partial charge in [-0.15, -0.1) is 11.3 Å². The highest BCUT2D eigenvalue weighted by Crippen LogP contribution is 2.33. The van der Waals surface area contributed by atoms with Crippen molar-refractivity contribution in [2.45, 2.75) is 26.6 Å². The average Bonchev–Trinajstić information content (AvgIpc) is 3.11. The Bertz CT molecular complexity index is 1010. The third-order valence-corrected chi connectivity index (χ3v) is 4.55. The second-order valence-electron chi connectivity index (χ2n) is 6.04. The van der Waals surface area contributed by atoms with Crippen LogP contribution in [0.2, 0.25) is 5.02 Å². The number of pyridine rings is 1. The molecule has 1 N–H and O–H groups in total. The van der Waals surface area contributed by atoms with Gasteiger partial charge < -0.3 is 9.47 Å². The predicted molar refractivity (Wildman–Crippen MR) is 107 cm³/mol. The second kappa shape index (κ2) is 9.15. The van der Waals surface area contributed by atoms with Gasteiger partial charge in [-0.1, -0.05) is 23.7 Å². The lowest BCUT2D eigenvalue weighted by Gasteiger charge is -2.10. The van der Waals surface area contributed by atoms with E-state index in [1.54, 1.807) is 23.6 Å². The average molecular weight is 440 g/mol. The summed E-state index contributed by atoms with van der Waals surface area (Å²) >= 11 is 7.25. The number of anilines is 1. The number of nitrogens with one attached hydrogen (secondary N) is 1. The third kappa shape index (κ3) is 5.39. The number of para-hydroxylation sites is 1. The highest BCUT2D eigenvalue weighted by molar-refractivity contribution is 7.14. The van der Waals surface area contributed by atoms with Gasteiger partial charge in [-0.05, 0) is 32.0 Å². The quantitative estimate of drug-likeness (QED) is 0.526. The summed E-state index contributed by atoms with van der Waals surface area (Å²) in [5, 5.41) is 4.77. The lowest BCUT2D eigenvalue weighted by Crippen LogP contribution is -2.13. The van der Waals surface area contributed by atoms with Crippen LogP contribution in [0.5, 0.6) is 11.6 Å². The summed E-state index contributed by atoms with van der Waals surface area (Å²) in [6.07, 6.45) is 1.24. The summed E-state index contributed by atoms with van der Waals surface area (Å²) in [6, 6.07) is 7.74. The number of ether oxygens (including phenoxy) is 2. The van der Waals surface area contributed by atoms with Crippen molar-refractivity contribution < 1.29 is 23.0 Å². The minimum Gasteiger partial charge on any atom is -0.474 e. The fourth-order valence-corrected chi connectivity index (χ4v) is 3.28. The van der Waals surface area contributed by atoms with Gasteiger partial charge in [-0.3, -0.25) is 10.1 Å². The second-order valence-corrected chi connectivity index (χ2v) is 7.31. The first-order valence-electron chi connectivity index (χ1n) is 8.46. The van der Waals surface area contributed by atoms with Gasteiger partial charge in [-0.2, -0.15) is 8.78 Å². The van der Waals surface area contributed by atoms with Crippen LogP contribution in [0.25, 0.3) is 11.3 Å². The molecule has 0 aliphatic heterocycles. The maximum Gasteiger partial charge on any atom is 0.387 e. The van der Waals surface area contributed by atoms with E-state index in [1.807, 2.05) is 13.8 Å². The number of thiazole rings is 1. The van der Waals surface area contributed by atoms with Crippen LogP contribution in [-0.2, 0) is 0 Å². The first-order valence-corrected chi connectivity index (χ1v) is 9.72. The van der Waals surface area contributed by atoms with Gasteiger partial charge in [0.1, 0.15) is 10.8 Å². The highest BCUT2D eigenvalue weighted by Gasteiger charge is 2.16. The largest absolute Gasteiger partial charge is 0.474 e. The number of aromatic nitrogens is 2. The SMILES string of the molecule is CC(C)Oc1ncc(C(=O)Nc2nc(-c3ccccc3OC(F)F)cs2)cc1Cl. The van der Waals surface area contributed by atoms with E-state index in [2.05, 4.69) is 20.0 Å². The molecule has 0 saturated heterocycles. The summed E-state index contributed by atoms with van der Waals surface area (Å²) in [4.78, 5) is 20.8. The van der Waals surface area contributed by atoms with Gasteiger partial charge in [0, 0.05) is 17.1 Å². The van der Waals surface area contributed by atoms with Crippen molar-refractivity contribution in [3.05, 3.63) is 52.5 Å². The van der Waals surface area contributed by atoms with E-state index in [-0.39, 0.29) is 33.5 Å². The van der Waals surface area contributed by atoms with Crippen molar-refractivity contribution in [2.24, 2.45) is 0 Å². The Morgan fingerprint density at radius 3 is 2.69 bits per heavy atom. The van der Waals surface area contributed by atoms with Crippen molar-refractivity contribution in [1.82, 2.24) is 9.97 Å². The number of amides is 1. The first kappa shape index (κ1) is 20.9.